The first kappa shape index (κ1) is 19.2. The number of rotatable bonds is 4. The van der Waals surface area contributed by atoms with Crippen molar-refractivity contribution >= 4 is 45.0 Å². The van der Waals surface area contributed by atoms with Gasteiger partial charge in [-0.15, -0.1) is 0 Å². The lowest BCUT2D eigenvalue weighted by Gasteiger charge is -2.14. The number of nitrogens with zero attached hydrogens (tertiary/aromatic N) is 3. The van der Waals surface area contributed by atoms with Gasteiger partial charge in [0, 0.05) is 24.9 Å². The van der Waals surface area contributed by atoms with Gasteiger partial charge in [-0.25, -0.2) is 4.39 Å². The van der Waals surface area contributed by atoms with Gasteiger partial charge in [0.25, 0.3) is 5.91 Å². The summed E-state index contributed by atoms with van der Waals surface area (Å²) in [6.07, 6.45) is 1.19. The van der Waals surface area contributed by atoms with E-state index in [2.05, 4.69) is 4.99 Å². The summed E-state index contributed by atoms with van der Waals surface area (Å²) in [5.74, 6) is -1.37. The van der Waals surface area contributed by atoms with Crippen molar-refractivity contribution in [2.75, 3.05) is 4.90 Å². The summed E-state index contributed by atoms with van der Waals surface area (Å²) in [5.41, 5.74) is 1.48. The lowest BCUT2D eigenvalue weighted by Crippen LogP contribution is -2.28. The molecule has 29 heavy (non-hydrogen) atoms. The largest absolute Gasteiger partial charge is 0.316 e. The van der Waals surface area contributed by atoms with Crippen molar-refractivity contribution in [1.82, 2.24) is 4.57 Å². The number of thiazole rings is 1. The van der Waals surface area contributed by atoms with Gasteiger partial charge in [0.1, 0.15) is 5.82 Å². The van der Waals surface area contributed by atoms with Gasteiger partial charge < -0.3 is 4.57 Å². The van der Waals surface area contributed by atoms with Gasteiger partial charge in [-0.2, -0.15) is 4.99 Å². The normalized spacial score (nSPS) is 15.0. The van der Waals surface area contributed by atoms with E-state index in [9.17, 15) is 18.8 Å². The molecule has 4 rings (SSSR count). The molecular formula is C21H18FN3O3S. The Hall–Kier alpha value is -3.13. The third-order valence-electron chi connectivity index (χ3n) is 4.69. The van der Waals surface area contributed by atoms with E-state index in [0.29, 0.717) is 21.7 Å². The molecule has 0 bridgehead atoms. The number of aryl methyl sites for hydroxylation is 1. The summed E-state index contributed by atoms with van der Waals surface area (Å²) < 4.78 is 16.2. The quantitative estimate of drug-likeness (QED) is 0.616. The molecule has 0 N–H and O–H groups in total. The minimum absolute atomic E-state index is 0.177. The van der Waals surface area contributed by atoms with Crippen LogP contribution in [0.15, 0.2) is 47.5 Å². The minimum Gasteiger partial charge on any atom is -0.316 e. The van der Waals surface area contributed by atoms with E-state index in [0.717, 1.165) is 16.8 Å². The van der Waals surface area contributed by atoms with Crippen LogP contribution in [-0.2, 0) is 16.1 Å². The highest BCUT2D eigenvalue weighted by molar-refractivity contribution is 7.16. The molecule has 1 fully saturated rings. The Morgan fingerprint density at radius 3 is 2.62 bits per heavy atom. The molecular weight excluding hydrogens is 393 g/mol. The maximum absolute atomic E-state index is 13.6. The van der Waals surface area contributed by atoms with E-state index in [-0.39, 0.29) is 36.0 Å². The van der Waals surface area contributed by atoms with Crippen LogP contribution >= 0.6 is 11.3 Å². The molecule has 0 radical (unpaired) electrons. The van der Waals surface area contributed by atoms with Crippen LogP contribution in [0, 0.1) is 5.82 Å². The van der Waals surface area contributed by atoms with E-state index in [1.54, 1.807) is 24.3 Å². The molecule has 0 aliphatic carbocycles. The van der Waals surface area contributed by atoms with Crippen molar-refractivity contribution in [3.8, 4) is 0 Å². The number of imide groups is 1. The molecule has 1 aliphatic heterocycles. The minimum atomic E-state index is -0.483. The van der Waals surface area contributed by atoms with Gasteiger partial charge in [-0.3, -0.25) is 19.3 Å². The molecule has 0 saturated carbocycles. The fraction of sp³-hybridized carbons (Fsp3) is 0.238. The number of carbonyl (C=O) groups excluding carboxylic acids is 3. The molecule has 2 heterocycles. The smallest absolute Gasteiger partial charge is 0.279 e. The summed E-state index contributed by atoms with van der Waals surface area (Å²) in [6, 6.07) is 10.9. The van der Waals surface area contributed by atoms with E-state index in [1.807, 2.05) is 11.5 Å². The third kappa shape index (κ3) is 3.63. The highest BCUT2D eigenvalue weighted by atomic mass is 32.1. The highest BCUT2D eigenvalue weighted by Crippen LogP contribution is 2.24. The van der Waals surface area contributed by atoms with Gasteiger partial charge in [0.15, 0.2) is 4.80 Å². The Kier molecular flexibility index (Phi) is 5.10. The van der Waals surface area contributed by atoms with E-state index in [1.165, 1.54) is 29.5 Å². The number of benzene rings is 2. The molecule has 3 aromatic rings. The fourth-order valence-corrected chi connectivity index (χ4v) is 4.45. The first-order valence-electron chi connectivity index (χ1n) is 9.31. The molecule has 0 atom stereocenters. The predicted octanol–water partition coefficient (Wildman–Crippen LogP) is 3.65. The maximum Gasteiger partial charge on any atom is 0.279 e. The van der Waals surface area contributed by atoms with Crippen LogP contribution in [0.1, 0.15) is 36.5 Å². The second kappa shape index (κ2) is 7.71. The molecule has 3 amide bonds. The molecule has 8 heteroatoms. The number of aromatic nitrogens is 1. The molecule has 1 aromatic heterocycles. The number of anilines is 1. The van der Waals surface area contributed by atoms with E-state index < -0.39 is 5.91 Å². The number of hydrogen-bond acceptors (Lipinski definition) is 4. The molecule has 0 unspecified atom stereocenters. The van der Waals surface area contributed by atoms with Gasteiger partial charge in [-0.05, 0) is 42.8 Å². The fourth-order valence-electron chi connectivity index (χ4n) is 3.37. The van der Waals surface area contributed by atoms with Crippen LogP contribution < -0.4 is 9.70 Å². The second-order valence-electron chi connectivity index (χ2n) is 6.74. The first-order valence-corrected chi connectivity index (χ1v) is 10.1. The van der Waals surface area contributed by atoms with Crippen LogP contribution in [0.3, 0.4) is 0 Å². The lowest BCUT2D eigenvalue weighted by molar-refractivity contribution is -0.121. The molecule has 148 valence electrons. The van der Waals surface area contributed by atoms with Crippen LogP contribution in [0.25, 0.3) is 10.2 Å². The van der Waals surface area contributed by atoms with Crippen LogP contribution in [0.5, 0.6) is 0 Å². The first-order chi connectivity index (χ1) is 14.0. The molecule has 1 saturated heterocycles. The number of halogens is 1. The molecule has 6 nitrogen and oxygen atoms in total. The van der Waals surface area contributed by atoms with Crippen molar-refractivity contribution in [1.29, 1.82) is 0 Å². The van der Waals surface area contributed by atoms with Gasteiger partial charge in [0.05, 0.1) is 15.9 Å². The number of hydrogen-bond donors (Lipinski definition) is 0. The van der Waals surface area contributed by atoms with Gasteiger partial charge in [-0.1, -0.05) is 24.3 Å². The Labute approximate surface area is 169 Å². The third-order valence-corrected chi connectivity index (χ3v) is 5.73. The summed E-state index contributed by atoms with van der Waals surface area (Å²) in [5, 5.41) is 0. The van der Waals surface area contributed by atoms with Gasteiger partial charge in [0.2, 0.25) is 11.8 Å². The van der Waals surface area contributed by atoms with Crippen molar-refractivity contribution in [2.45, 2.75) is 32.7 Å². The molecule has 2 aromatic carbocycles. The molecule has 0 spiro atoms. The average Bonchev–Trinajstić information content (AvgIpc) is 3.21. The van der Waals surface area contributed by atoms with E-state index >= 15 is 0 Å². The zero-order chi connectivity index (χ0) is 20.5. The van der Waals surface area contributed by atoms with Crippen LogP contribution in [0.2, 0.25) is 0 Å². The monoisotopic (exact) mass is 411 g/mol. The summed E-state index contributed by atoms with van der Waals surface area (Å²) in [7, 11) is 0. The zero-order valence-electron chi connectivity index (χ0n) is 15.7. The molecule has 1 aliphatic rings. The van der Waals surface area contributed by atoms with Crippen LogP contribution in [-0.4, -0.2) is 22.3 Å². The van der Waals surface area contributed by atoms with Crippen molar-refractivity contribution in [3.05, 3.63) is 58.6 Å². The standard InChI is InChI=1S/C21H18FN3O3S/c1-2-10-24-16-7-6-14(22)12-17(16)29-21(24)23-20(28)13-4-3-5-15(11-13)25-18(26)8-9-19(25)27/h3-7,11-12H,2,8-10H2,1H3. The van der Waals surface area contributed by atoms with E-state index in [4.69, 9.17) is 0 Å². The summed E-state index contributed by atoms with van der Waals surface area (Å²) >= 11 is 1.25. The topological polar surface area (TPSA) is 71.7 Å². The maximum atomic E-state index is 13.6. The SMILES string of the molecule is CCCn1c(=NC(=O)c2cccc(N3C(=O)CCC3=O)c2)sc2cc(F)ccc21. The Bertz CT molecular complexity index is 1200. The van der Waals surface area contributed by atoms with Crippen molar-refractivity contribution < 1.29 is 18.8 Å². The Balaban J connectivity index is 1.75. The number of amides is 3. The van der Waals surface area contributed by atoms with Crippen molar-refractivity contribution in [3.63, 3.8) is 0 Å². The van der Waals surface area contributed by atoms with Crippen LogP contribution in [0.4, 0.5) is 10.1 Å². The Morgan fingerprint density at radius 1 is 1.14 bits per heavy atom. The van der Waals surface area contributed by atoms with Gasteiger partial charge >= 0.3 is 0 Å². The van der Waals surface area contributed by atoms with Crippen molar-refractivity contribution in [2.24, 2.45) is 4.99 Å². The lowest BCUT2D eigenvalue weighted by atomic mass is 10.2. The average molecular weight is 411 g/mol. The summed E-state index contributed by atoms with van der Waals surface area (Å²) in [4.78, 5) is 42.6. The number of fused-ring (bicyclic) bond motifs is 1. The summed E-state index contributed by atoms with van der Waals surface area (Å²) in [6.45, 7) is 2.66. The highest BCUT2D eigenvalue weighted by Gasteiger charge is 2.30. The Morgan fingerprint density at radius 2 is 1.90 bits per heavy atom. The second-order valence-corrected chi connectivity index (χ2v) is 7.75. The predicted molar refractivity (Wildman–Crippen MR) is 108 cm³/mol. The zero-order valence-corrected chi connectivity index (χ0v) is 16.5. The number of carbonyl (C=O) groups is 3.